The van der Waals surface area contributed by atoms with Gasteiger partial charge in [-0.3, -0.25) is 9.69 Å². The van der Waals surface area contributed by atoms with Crippen molar-refractivity contribution in [2.24, 2.45) is 11.3 Å². The van der Waals surface area contributed by atoms with Crippen LogP contribution in [0.2, 0.25) is 0 Å². The fourth-order valence-corrected chi connectivity index (χ4v) is 4.64. The first-order chi connectivity index (χ1) is 10.7. The number of fused-ring (bicyclic) bond motifs is 1. The van der Waals surface area contributed by atoms with Gasteiger partial charge in [-0.2, -0.15) is 0 Å². The number of likely N-dealkylation sites (tertiary alicyclic amines) is 1. The molecule has 1 aliphatic heterocycles. The molecule has 2 aliphatic rings. The van der Waals surface area contributed by atoms with Crippen LogP contribution in [0.25, 0.3) is 10.8 Å². The number of nitrogens with zero attached hydrogens (tertiary/aromatic N) is 2. The molecule has 4 rings (SSSR count). The quantitative estimate of drug-likeness (QED) is 0.938. The average molecular weight is 318 g/mol. The van der Waals surface area contributed by atoms with E-state index in [0.29, 0.717) is 19.0 Å². The lowest BCUT2D eigenvalue weighted by atomic mass is 9.81. The Bertz CT molecular complexity index is 681. The number of aliphatic carboxylic acids is 1. The van der Waals surface area contributed by atoms with Crippen LogP contribution in [0.1, 0.15) is 25.0 Å². The number of rotatable bonds is 4. The molecule has 3 heterocycles. The Labute approximate surface area is 132 Å². The van der Waals surface area contributed by atoms with Crippen molar-refractivity contribution in [2.75, 3.05) is 13.1 Å². The van der Waals surface area contributed by atoms with E-state index in [1.165, 1.54) is 0 Å². The summed E-state index contributed by atoms with van der Waals surface area (Å²) in [6.07, 6.45) is 4.57. The molecule has 0 bridgehead atoms. The Hall–Kier alpha value is -1.66. The van der Waals surface area contributed by atoms with E-state index in [-0.39, 0.29) is 5.92 Å². The summed E-state index contributed by atoms with van der Waals surface area (Å²) in [6, 6.07) is 3.96. The second-order valence-corrected chi connectivity index (χ2v) is 7.29. The fraction of sp³-hybridized carbons (Fsp3) is 0.500. The summed E-state index contributed by atoms with van der Waals surface area (Å²) in [4.78, 5) is 19.5. The number of aromatic nitrogens is 1. The third-order valence-corrected chi connectivity index (χ3v) is 5.89. The van der Waals surface area contributed by atoms with Crippen molar-refractivity contribution >= 4 is 17.3 Å². The highest BCUT2D eigenvalue weighted by Gasteiger charge is 2.54. The highest BCUT2D eigenvalue weighted by Crippen LogP contribution is 2.49. The van der Waals surface area contributed by atoms with E-state index in [9.17, 15) is 9.90 Å². The minimum Gasteiger partial charge on any atom is -0.481 e. The van der Waals surface area contributed by atoms with E-state index < -0.39 is 11.4 Å². The van der Waals surface area contributed by atoms with Crippen molar-refractivity contribution in [1.82, 2.24) is 9.88 Å². The lowest BCUT2D eigenvalue weighted by Crippen LogP contribution is -2.35. The third-order valence-electron chi connectivity index (χ3n) is 5.04. The molecule has 116 valence electrons. The van der Waals surface area contributed by atoms with Crippen LogP contribution in [0.4, 0.5) is 0 Å². The molecule has 0 aromatic carbocycles. The van der Waals surface area contributed by atoms with Gasteiger partial charge in [0.25, 0.3) is 0 Å². The number of oxazole rings is 1. The van der Waals surface area contributed by atoms with Gasteiger partial charge in [0, 0.05) is 19.6 Å². The summed E-state index contributed by atoms with van der Waals surface area (Å²) < 4.78 is 5.54. The number of carbonyl (C=O) groups is 1. The predicted molar refractivity (Wildman–Crippen MR) is 82.5 cm³/mol. The second kappa shape index (κ2) is 5.21. The lowest BCUT2D eigenvalue weighted by Gasteiger charge is -2.23. The molecule has 1 saturated heterocycles. The van der Waals surface area contributed by atoms with Gasteiger partial charge in [-0.1, -0.05) is 12.5 Å². The van der Waals surface area contributed by atoms with Gasteiger partial charge < -0.3 is 9.52 Å². The van der Waals surface area contributed by atoms with Gasteiger partial charge in [-0.05, 0) is 30.2 Å². The number of hydrogen-bond acceptors (Lipinski definition) is 5. The van der Waals surface area contributed by atoms with Crippen LogP contribution in [0.15, 0.2) is 28.2 Å². The molecule has 0 amide bonds. The second-order valence-electron chi connectivity index (χ2n) is 6.34. The molecule has 22 heavy (non-hydrogen) atoms. The first kappa shape index (κ1) is 14.0. The van der Waals surface area contributed by atoms with Gasteiger partial charge in [0.15, 0.2) is 0 Å². The minimum absolute atomic E-state index is 0.286. The molecule has 0 spiro atoms. The van der Waals surface area contributed by atoms with E-state index in [4.69, 9.17) is 4.42 Å². The Morgan fingerprint density at radius 2 is 2.50 bits per heavy atom. The maximum atomic E-state index is 11.7. The van der Waals surface area contributed by atoms with Crippen LogP contribution in [0, 0.1) is 11.3 Å². The van der Waals surface area contributed by atoms with Crippen molar-refractivity contribution in [1.29, 1.82) is 0 Å². The van der Waals surface area contributed by atoms with Crippen LogP contribution < -0.4 is 0 Å². The zero-order valence-electron chi connectivity index (χ0n) is 12.2. The van der Waals surface area contributed by atoms with Crippen molar-refractivity contribution < 1.29 is 14.3 Å². The predicted octanol–water partition coefficient (Wildman–Crippen LogP) is 3.09. The standard InChI is InChI=1S/C16H18N2O3S/c19-15(20)16-5-1-3-11(16)7-18(10-16)8-12-9-21-14(17-12)13-4-2-6-22-13/h2,4,6,9,11H,1,3,5,7-8,10H2,(H,19,20)/t11-,16+/m0/s1. The average Bonchev–Trinajstić information content (AvgIpc) is 3.22. The van der Waals surface area contributed by atoms with Crippen LogP contribution in [-0.4, -0.2) is 34.0 Å². The maximum Gasteiger partial charge on any atom is 0.311 e. The topological polar surface area (TPSA) is 66.6 Å². The van der Waals surface area contributed by atoms with Crippen LogP contribution in [0.3, 0.4) is 0 Å². The molecule has 1 N–H and O–H groups in total. The summed E-state index contributed by atoms with van der Waals surface area (Å²) in [5.74, 6) is 0.308. The highest BCUT2D eigenvalue weighted by molar-refractivity contribution is 7.13. The van der Waals surface area contributed by atoms with Gasteiger partial charge in [0.1, 0.15) is 6.26 Å². The van der Waals surface area contributed by atoms with Crippen molar-refractivity contribution in [3.63, 3.8) is 0 Å². The minimum atomic E-state index is -0.628. The first-order valence-electron chi connectivity index (χ1n) is 7.61. The molecule has 5 nitrogen and oxygen atoms in total. The molecule has 6 heteroatoms. The molecule has 1 saturated carbocycles. The molecule has 2 fully saturated rings. The highest BCUT2D eigenvalue weighted by atomic mass is 32.1. The fourth-order valence-electron chi connectivity index (χ4n) is 3.99. The SMILES string of the molecule is O=C(O)[C@@]12CCC[C@H]1CN(Cc1coc(-c3cccs3)n1)C2. The largest absolute Gasteiger partial charge is 0.481 e. The van der Waals surface area contributed by atoms with Gasteiger partial charge >= 0.3 is 5.97 Å². The van der Waals surface area contributed by atoms with Crippen LogP contribution in [0.5, 0.6) is 0 Å². The van der Waals surface area contributed by atoms with Gasteiger partial charge in [-0.25, -0.2) is 4.98 Å². The van der Waals surface area contributed by atoms with Crippen molar-refractivity contribution in [3.05, 3.63) is 29.5 Å². The van der Waals surface area contributed by atoms with Gasteiger partial charge in [0.2, 0.25) is 5.89 Å². The molecule has 1 aliphatic carbocycles. The Morgan fingerprint density at radius 3 is 3.23 bits per heavy atom. The van der Waals surface area contributed by atoms with Crippen LogP contribution >= 0.6 is 11.3 Å². The summed E-state index contributed by atoms with van der Waals surface area (Å²) in [5.41, 5.74) is 0.351. The summed E-state index contributed by atoms with van der Waals surface area (Å²) in [5, 5.41) is 11.6. The van der Waals surface area contributed by atoms with E-state index in [2.05, 4.69) is 9.88 Å². The smallest absolute Gasteiger partial charge is 0.311 e. The number of carboxylic acids is 1. The number of carboxylic acid groups (broad SMARTS) is 1. The molecular formula is C16H18N2O3S. The van der Waals surface area contributed by atoms with Crippen molar-refractivity contribution in [3.8, 4) is 10.8 Å². The lowest BCUT2D eigenvalue weighted by molar-refractivity contribution is -0.149. The molecule has 0 radical (unpaired) electrons. The van der Waals surface area contributed by atoms with E-state index in [1.807, 2.05) is 17.5 Å². The molecule has 2 aromatic heterocycles. The Kier molecular flexibility index (Phi) is 3.31. The monoisotopic (exact) mass is 318 g/mol. The molecule has 2 atom stereocenters. The van der Waals surface area contributed by atoms with E-state index in [0.717, 1.165) is 36.4 Å². The summed E-state index contributed by atoms with van der Waals surface area (Å²) >= 11 is 1.60. The number of hydrogen-bond donors (Lipinski definition) is 1. The molecular weight excluding hydrogens is 300 g/mol. The maximum absolute atomic E-state index is 11.7. The van der Waals surface area contributed by atoms with Crippen molar-refractivity contribution in [2.45, 2.75) is 25.8 Å². The first-order valence-corrected chi connectivity index (χ1v) is 8.49. The van der Waals surface area contributed by atoms with E-state index >= 15 is 0 Å². The zero-order valence-corrected chi connectivity index (χ0v) is 13.0. The third kappa shape index (κ3) is 2.18. The zero-order chi connectivity index (χ0) is 15.2. The summed E-state index contributed by atoms with van der Waals surface area (Å²) in [7, 11) is 0. The Balaban J connectivity index is 1.48. The van der Waals surface area contributed by atoms with Gasteiger partial charge in [-0.15, -0.1) is 11.3 Å². The number of thiophene rings is 1. The van der Waals surface area contributed by atoms with Gasteiger partial charge in [0.05, 0.1) is 16.0 Å². The van der Waals surface area contributed by atoms with E-state index in [1.54, 1.807) is 17.6 Å². The normalized spacial score (nSPS) is 28.1. The van der Waals surface area contributed by atoms with Crippen LogP contribution in [-0.2, 0) is 11.3 Å². The molecule has 2 aromatic rings. The Morgan fingerprint density at radius 1 is 1.59 bits per heavy atom. The molecule has 0 unspecified atom stereocenters. The summed E-state index contributed by atoms with van der Waals surface area (Å²) in [6.45, 7) is 2.15.